The van der Waals surface area contributed by atoms with Crippen LogP contribution in [0.25, 0.3) is 34.2 Å². The number of aryl methyl sites for hydroxylation is 4. The highest BCUT2D eigenvalue weighted by Gasteiger charge is 2.56. The largest absolute Gasteiger partial charge is 0.463 e. The summed E-state index contributed by atoms with van der Waals surface area (Å²) in [6.07, 6.45) is 10.5. The van der Waals surface area contributed by atoms with E-state index in [2.05, 4.69) is 89.6 Å². The van der Waals surface area contributed by atoms with Gasteiger partial charge in [0.05, 0.1) is 57.6 Å². The van der Waals surface area contributed by atoms with Crippen molar-refractivity contribution in [3.8, 4) is 0 Å². The van der Waals surface area contributed by atoms with E-state index in [0.717, 1.165) is 94.5 Å². The average Bonchev–Trinajstić information content (AvgIpc) is 3.98. The summed E-state index contributed by atoms with van der Waals surface area (Å²) in [4.78, 5) is 47.1. The van der Waals surface area contributed by atoms with Gasteiger partial charge in [-0.1, -0.05) is 55.4 Å². The Balaban J connectivity index is 1.76. The standard InChI is InChI=1S/C46H58N4O4/c1-11-25-26(12-2)36-24-38-32(16-6)46(18-8)34(44(52)54-20-10)22-30(42(46)49-38)40-28(14-4)27(13-3)39(50-40)29-21-33(43(51)53-19-9)45(17-7)31(15-5)37(48-41(29)45)23-35(25)47-36/h21-24,31-32,47,50H,11-20H2,1-10H3/t31-,32-,45-,46-/m0/s1. The van der Waals surface area contributed by atoms with Crippen LogP contribution in [0.5, 0.6) is 0 Å². The van der Waals surface area contributed by atoms with Gasteiger partial charge < -0.3 is 19.4 Å². The number of aromatic nitrogens is 4. The van der Waals surface area contributed by atoms with Gasteiger partial charge in [-0.2, -0.15) is 0 Å². The highest BCUT2D eigenvalue weighted by Crippen LogP contribution is 2.59. The van der Waals surface area contributed by atoms with Crippen molar-refractivity contribution in [1.29, 1.82) is 0 Å². The molecule has 5 heterocycles. The van der Waals surface area contributed by atoms with Gasteiger partial charge >= 0.3 is 11.9 Å². The molecule has 8 nitrogen and oxygen atoms in total. The number of rotatable bonds is 12. The van der Waals surface area contributed by atoms with E-state index in [0.29, 0.717) is 37.2 Å². The molecule has 0 saturated carbocycles. The molecule has 286 valence electrons. The third-order valence-corrected chi connectivity index (χ3v) is 13.2. The average molecular weight is 731 g/mol. The van der Waals surface area contributed by atoms with E-state index < -0.39 is 10.8 Å². The van der Waals surface area contributed by atoms with Gasteiger partial charge in [-0.15, -0.1) is 0 Å². The van der Waals surface area contributed by atoms with Gasteiger partial charge in [0.15, 0.2) is 0 Å². The molecule has 0 unspecified atom stereocenters. The molecule has 0 saturated heterocycles. The number of carbonyl (C=O) groups excluding carboxylic acids is 2. The van der Waals surface area contributed by atoms with Crippen LogP contribution in [0, 0.1) is 0 Å². The Kier molecular flexibility index (Phi) is 10.0. The molecular weight excluding hydrogens is 673 g/mol. The first-order valence-electron chi connectivity index (χ1n) is 20.8. The Morgan fingerprint density at radius 1 is 0.593 bits per heavy atom. The first-order chi connectivity index (χ1) is 26.1. The Labute approximate surface area is 320 Å². The number of fused-ring (bicyclic) bond motifs is 8. The topological polar surface area (TPSA) is 110 Å². The van der Waals surface area contributed by atoms with Crippen molar-refractivity contribution >= 4 is 46.2 Å². The minimum atomic E-state index is -0.623. The lowest BCUT2D eigenvalue weighted by atomic mass is 9.67. The molecule has 3 aromatic heterocycles. The van der Waals surface area contributed by atoms with E-state index in [1.54, 1.807) is 0 Å². The van der Waals surface area contributed by atoms with Gasteiger partial charge in [-0.25, -0.2) is 9.59 Å². The summed E-state index contributed by atoms with van der Waals surface area (Å²) in [5.41, 5.74) is 15.0. The quantitative estimate of drug-likeness (QED) is 0.180. The van der Waals surface area contributed by atoms with Crippen molar-refractivity contribution in [3.63, 3.8) is 0 Å². The minimum Gasteiger partial charge on any atom is -0.463 e. The van der Waals surface area contributed by atoms with Crippen LogP contribution in [0.3, 0.4) is 0 Å². The third kappa shape index (κ3) is 5.00. The summed E-state index contributed by atoms with van der Waals surface area (Å²) < 4.78 is 11.6. The van der Waals surface area contributed by atoms with Gasteiger partial charge in [0, 0.05) is 45.4 Å². The zero-order valence-electron chi connectivity index (χ0n) is 34.1. The molecule has 4 aliphatic rings. The van der Waals surface area contributed by atoms with Gasteiger partial charge in [-0.3, -0.25) is 9.97 Å². The van der Waals surface area contributed by atoms with Crippen LogP contribution < -0.4 is 0 Å². The van der Waals surface area contributed by atoms with Crippen molar-refractivity contribution in [3.05, 3.63) is 79.4 Å². The summed E-state index contributed by atoms with van der Waals surface area (Å²) >= 11 is 0. The predicted octanol–water partition coefficient (Wildman–Crippen LogP) is 10.2. The highest BCUT2D eigenvalue weighted by molar-refractivity contribution is 6.05. The normalized spacial score (nSPS) is 22.4. The van der Waals surface area contributed by atoms with Crippen molar-refractivity contribution in [1.82, 2.24) is 19.9 Å². The number of nitrogens with one attached hydrogen (secondary N) is 2. The fourth-order valence-corrected chi connectivity index (χ4v) is 11.0. The second kappa shape index (κ2) is 14.3. The summed E-state index contributed by atoms with van der Waals surface area (Å²) in [5.74, 6) is -0.571. The summed E-state index contributed by atoms with van der Waals surface area (Å²) in [6, 6.07) is 4.52. The molecule has 0 amide bonds. The van der Waals surface area contributed by atoms with Crippen molar-refractivity contribution < 1.29 is 19.1 Å². The SMILES string of the molecule is CCOC(=O)C1=Cc2c3nc(cc4[nH]c(cc5nc6c(c7[nH]c2c(CC)c7CC)C=C(C(=O)OCC)[C@]6(CC)[C@H]5CC)c(CC)c4CC)[C@H](CC)[C@@]13CC. The van der Waals surface area contributed by atoms with Crippen LogP contribution in [0.2, 0.25) is 0 Å². The van der Waals surface area contributed by atoms with E-state index in [1.165, 1.54) is 22.3 Å². The van der Waals surface area contributed by atoms with Gasteiger partial charge in [0.1, 0.15) is 0 Å². The first-order valence-corrected chi connectivity index (χ1v) is 20.8. The van der Waals surface area contributed by atoms with Crippen LogP contribution in [-0.2, 0) is 55.6 Å². The second-order valence-electron chi connectivity index (χ2n) is 15.2. The van der Waals surface area contributed by atoms with E-state index in [9.17, 15) is 9.59 Å². The van der Waals surface area contributed by atoms with Crippen molar-refractivity contribution in [2.75, 3.05) is 13.2 Å². The number of ether oxygens (including phenoxy) is 2. The maximum atomic E-state index is 14.1. The molecule has 7 rings (SSSR count). The van der Waals surface area contributed by atoms with Gasteiger partial charge in [0.2, 0.25) is 0 Å². The third-order valence-electron chi connectivity index (χ3n) is 13.2. The molecule has 8 bridgehead atoms. The lowest BCUT2D eigenvalue weighted by Crippen LogP contribution is -2.34. The van der Waals surface area contributed by atoms with E-state index in [-0.39, 0.29) is 23.8 Å². The smallest absolute Gasteiger partial charge is 0.335 e. The van der Waals surface area contributed by atoms with Crippen LogP contribution in [0.4, 0.5) is 0 Å². The fourth-order valence-electron chi connectivity index (χ4n) is 11.0. The number of hydrogen-bond donors (Lipinski definition) is 2. The maximum Gasteiger partial charge on any atom is 0.335 e. The number of carbonyl (C=O) groups is 2. The monoisotopic (exact) mass is 730 g/mol. The lowest BCUT2D eigenvalue weighted by Gasteiger charge is -2.33. The molecule has 2 aliphatic carbocycles. The molecular formula is C46H58N4O4. The van der Waals surface area contributed by atoms with Crippen molar-refractivity contribution in [2.45, 2.75) is 143 Å². The number of nitrogens with zero attached hydrogens (tertiary/aromatic N) is 2. The molecule has 54 heavy (non-hydrogen) atoms. The Morgan fingerprint density at radius 2 is 0.981 bits per heavy atom. The molecule has 2 N–H and O–H groups in total. The van der Waals surface area contributed by atoms with E-state index in [1.807, 2.05) is 13.8 Å². The van der Waals surface area contributed by atoms with E-state index in [4.69, 9.17) is 19.4 Å². The minimum absolute atomic E-state index is 0.0122. The Hall–Kier alpha value is -4.46. The second-order valence-corrected chi connectivity index (χ2v) is 15.2. The highest BCUT2D eigenvalue weighted by atomic mass is 16.5. The summed E-state index contributed by atoms with van der Waals surface area (Å²) in [5, 5.41) is 0. The predicted molar refractivity (Wildman–Crippen MR) is 218 cm³/mol. The molecule has 3 aromatic rings. The molecule has 0 radical (unpaired) electrons. The molecule has 0 aromatic carbocycles. The number of esters is 2. The zero-order chi connectivity index (χ0) is 38.7. The summed E-state index contributed by atoms with van der Waals surface area (Å²) in [7, 11) is 0. The summed E-state index contributed by atoms with van der Waals surface area (Å²) in [6.45, 7) is 22.0. The molecule has 8 heteroatoms. The van der Waals surface area contributed by atoms with E-state index >= 15 is 0 Å². The van der Waals surface area contributed by atoms with Crippen LogP contribution in [0.1, 0.15) is 163 Å². The molecule has 4 atom stereocenters. The molecule has 0 fully saturated rings. The number of aromatic amines is 2. The van der Waals surface area contributed by atoms with Crippen LogP contribution >= 0.6 is 0 Å². The number of H-pyrrole nitrogens is 2. The molecule has 0 spiro atoms. The lowest BCUT2D eigenvalue weighted by molar-refractivity contribution is -0.140. The Morgan fingerprint density at radius 3 is 1.30 bits per heavy atom. The van der Waals surface area contributed by atoms with Crippen molar-refractivity contribution in [2.24, 2.45) is 0 Å². The Bertz CT molecular complexity index is 2120. The van der Waals surface area contributed by atoms with Gasteiger partial charge in [-0.05, 0) is 112 Å². The van der Waals surface area contributed by atoms with Gasteiger partial charge in [0.25, 0.3) is 0 Å². The van der Waals surface area contributed by atoms with Crippen LogP contribution in [-0.4, -0.2) is 45.1 Å². The van der Waals surface area contributed by atoms with Crippen LogP contribution in [0.15, 0.2) is 23.3 Å². The molecule has 2 aliphatic heterocycles. The first kappa shape index (κ1) is 37.8. The maximum absolute atomic E-state index is 14.1. The fraction of sp³-hybridized carbons (Fsp3) is 0.522. The zero-order valence-corrected chi connectivity index (χ0v) is 34.1. The number of hydrogen-bond acceptors (Lipinski definition) is 6.